The van der Waals surface area contributed by atoms with Crippen LogP contribution in [0, 0.1) is 13.8 Å². The third-order valence-corrected chi connectivity index (χ3v) is 6.73. The van der Waals surface area contributed by atoms with E-state index in [4.69, 9.17) is 23.2 Å². The van der Waals surface area contributed by atoms with Crippen LogP contribution in [0.1, 0.15) is 27.2 Å². The lowest BCUT2D eigenvalue weighted by Crippen LogP contribution is -2.14. The number of nitrogens with one attached hydrogen (secondary N) is 1. The van der Waals surface area contributed by atoms with Crippen LogP contribution in [-0.2, 0) is 6.54 Å². The molecule has 1 N–H and O–H groups in total. The number of rotatable bonds is 6. The molecule has 32 heavy (non-hydrogen) atoms. The molecule has 0 saturated carbocycles. The van der Waals surface area contributed by atoms with Crippen molar-refractivity contribution in [3.63, 3.8) is 0 Å². The van der Waals surface area contributed by atoms with Crippen molar-refractivity contribution in [3.05, 3.63) is 105 Å². The van der Waals surface area contributed by atoms with Gasteiger partial charge >= 0.3 is 0 Å². The molecule has 0 radical (unpaired) electrons. The third kappa shape index (κ3) is 5.01. The van der Waals surface area contributed by atoms with Gasteiger partial charge in [0.05, 0.1) is 10.6 Å². The van der Waals surface area contributed by atoms with Gasteiger partial charge in [-0.15, -0.1) is 0 Å². The molecule has 2 aromatic carbocycles. The van der Waals surface area contributed by atoms with E-state index in [1.54, 1.807) is 30.2 Å². The van der Waals surface area contributed by atoms with E-state index >= 15 is 0 Å². The summed E-state index contributed by atoms with van der Waals surface area (Å²) in [6.07, 6.45) is 3.54. The number of anilines is 1. The monoisotopic (exact) mass is 481 g/mol. The Morgan fingerprint density at radius 1 is 1.00 bits per heavy atom. The second-order valence-corrected chi connectivity index (χ2v) is 9.29. The van der Waals surface area contributed by atoms with Gasteiger partial charge in [-0.3, -0.25) is 9.78 Å². The Morgan fingerprint density at radius 2 is 1.66 bits per heavy atom. The van der Waals surface area contributed by atoms with Crippen molar-refractivity contribution < 1.29 is 4.79 Å². The van der Waals surface area contributed by atoms with E-state index in [9.17, 15) is 4.79 Å². The molecular weight excluding hydrogens is 461 g/mol. The molecule has 4 aromatic rings. The van der Waals surface area contributed by atoms with Crippen molar-refractivity contribution >= 4 is 46.6 Å². The van der Waals surface area contributed by atoms with Crippen molar-refractivity contribution in [1.82, 2.24) is 9.55 Å². The van der Waals surface area contributed by atoms with Gasteiger partial charge in [0.15, 0.2) is 0 Å². The Balaban J connectivity index is 1.77. The van der Waals surface area contributed by atoms with Crippen molar-refractivity contribution in [1.29, 1.82) is 0 Å². The minimum atomic E-state index is -0.134. The van der Waals surface area contributed by atoms with E-state index in [2.05, 4.69) is 14.9 Å². The second-order valence-electron chi connectivity index (χ2n) is 7.36. The minimum Gasteiger partial charge on any atom is -0.334 e. The fourth-order valence-corrected chi connectivity index (χ4v) is 5.43. The molecule has 0 bridgehead atoms. The first kappa shape index (κ1) is 22.5. The van der Waals surface area contributed by atoms with E-state index in [1.165, 1.54) is 0 Å². The predicted molar refractivity (Wildman–Crippen MR) is 132 cm³/mol. The number of benzene rings is 2. The van der Waals surface area contributed by atoms with Crippen molar-refractivity contribution in [2.24, 2.45) is 0 Å². The maximum atomic E-state index is 13.2. The zero-order valence-corrected chi connectivity index (χ0v) is 19.9. The first-order chi connectivity index (χ1) is 15.4. The molecule has 0 fully saturated rings. The van der Waals surface area contributed by atoms with Gasteiger partial charge in [-0.1, -0.05) is 53.2 Å². The lowest BCUT2D eigenvalue weighted by Gasteiger charge is -2.13. The molecule has 2 aromatic heterocycles. The normalized spacial score (nSPS) is 10.9. The highest BCUT2D eigenvalue weighted by Crippen LogP contribution is 2.38. The number of hydrogen-bond acceptors (Lipinski definition) is 3. The first-order valence-corrected chi connectivity index (χ1v) is 11.6. The summed E-state index contributed by atoms with van der Waals surface area (Å²) >= 11 is 14.0. The van der Waals surface area contributed by atoms with Crippen LogP contribution in [0.5, 0.6) is 0 Å². The van der Waals surface area contributed by atoms with Gasteiger partial charge in [-0.05, 0) is 67.4 Å². The van der Waals surface area contributed by atoms with E-state index in [0.29, 0.717) is 22.2 Å². The fourth-order valence-electron chi connectivity index (χ4n) is 3.61. The second kappa shape index (κ2) is 9.82. The van der Waals surface area contributed by atoms with E-state index in [1.807, 2.05) is 68.4 Å². The van der Waals surface area contributed by atoms with Gasteiger partial charge in [-0.2, -0.15) is 0 Å². The highest BCUT2D eigenvalue weighted by Gasteiger charge is 2.24. The van der Waals surface area contributed by atoms with E-state index < -0.39 is 0 Å². The molecule has 0 aliphatic carbocycles. The average molecular weight is 482 g/mol. The van der Waals surface area contributed by atoms with E-state index in [-0.39, 0.29) is 5.91 Å². The van der Waals surface area contributed by atoms with Crippen LogP contribution in [0.3, 0.4) is 0 Å². The molecular formula is C25H21Cl2N3OS. The topological polar surface area (TPSA) is 46.9 Å². The number of nitrogens with zero attached hydrogens (tertiary/aromatic N) is 2. The number of carbonyl (C=O) groups is 1. The highest BCUT2D eigenvalue weighted by molar-refractivity contribution is 7.99. The Labute approximate surface area is 201 Å². The predicted octanol–water partition coefficient (Wildman–Crippen LogP) is 7.26. The van der Waals surface area contributed by atoms with Gasteiger partial charge in [0.1, 0.15) is 0 Å². The van der Waals surface area contributed by atoms with Crippen molar-refractivity contribution in [3.8, 4) is 0 Å². The summed E-state index contributed by atoms with van der Waals surface area (Å²) in [6, 6.07) is 18.9. The third-order valence-electron chi connectivity index (χ3n) is 5.11. The summed E-state index contributed by atoms with van der Waals surface area (Å²) < 4.78 is 2.16. The molecule has 0 atom stereocenters. The molecule has 0 aliphatic heterocycles. The molecule has 1 amide bonds. The molecule has 0 saturated heterocycles. The number of pyridine rings is 1. The highest BCUT2D eigenvalue weighted by atomic mass is 35.5. The van der Waals surface area contributed by atoms with E-state index in [0.717, 1.165) is 32.4 Å². The molecule has 162 valence electrons. The Hall–Kier alpha value is -2.73. The maximum Gasteiger partial charge on any atom is 0.257 e. The molecule has 4 nitrogen and oxygen atoms in total. The summed E-state index contributed by atoms with van der Waals surface area (Å²) in [5.41, 5.74) is 4.32. The van der Waals surface area contributed by atoms with Crippen LogP contribution in [0.2, 0.25) is 10.0 Å². The zero-order chi connectivity index (χ0) is 22.7. The Morgan fingerprint density at radius 3 is 2.31 bits per heavy atom. The molecule has 7 heteroatoms. The standard InChI is InChI=1S/C25H21Cl2N3OS/c1-16-23(24(31)29-21-6-4-3-5-7-21)17(2)30(15-18-8-10-28-11-9-18)25(16)32-22-13-19(26)12-20(27)14-22/h3-14H,15H2,1-2H3,(H,29,31). The molecule has 0 unspecified atom stereocenters. The zero-order valence-electron chi connectivity index (χ0n) is 17.6. The number of amides is 1. The van der Waals surface area contributed by atoms with Crippen molar-refractivity contribution in [2.75, 3.05) is 5.32 Å². The van der Waals surface area contributed by atoms with Crippen LogP contribution < -0.4 is 5.32 Å². The fraction of sp³-hybridized carbons (Fsp3) is 0.120. The van der Waals surface area contributed by atoms with Gasteiger partial charge in [0.25, 0.3) is 5.91 Å². The summed E-state index contributed by atoms with van der Waals surface area (Å²) in [7, 11) is 0. The average Bonchev–Trinajstić information content (AvgIpc) is 2.98. The molecule has 0 spiro atoms. The minimum absolute atomic E-state index is 0.134. The Bertz CT molecular complexity index is 1240. The molecule has 2 heterocycles. The van der Waals surface area contributed by atoms with Crippen LogP contribution in [0.4, 0.5) is 5.69 Å². The maximum absolute atomic E-state index is 13.2. The van der Waals surface area contributed by atoms with Gasteiger partial charge in [0.2, 0.25) is 0 Å². The lowest BCUT2D eigenvalue weighted by molar-refractivity contribution is 0.102. The number of hydrogen-bond donors (Lipinski definition) is 1. The largest absolute Gasteiger partial charge is 0.334 e. The molecule has 0 aliphatic rings. The van der Waals surface area contributed by atoms with Gasteiger partial charge in [-0.25, -0.2) is 0 Å². The van der Waals surface area contributed by atoms with Crippen LogP contribution >= 0.6 is 35.0 Å². The van der Waals surface area contributed by atoms with Crippen LogP contribution in [-0.4, -0.2) is 15.5 Å². The summed E-state index contributed by atoms with van der Waals surface area (Å²) in [6.45, 7) is 4.57. The van der Waals surface area contributed by atoms with Crippen LogP contribution in [0.15, 0.2) is 83.0 Å². The van der Waals surface area contributed by atoms with Crippen LogP contribution in [0.25, 0.3) is 0 Å². The number of para-hydroxylation sites is 1. The van der Waals surface area contributed by atoms with Crippen molar-refractivity contribution in [2.45, 2.75) is 30.3 Å². The van der Waals surface area contributed by atoms with Gasteiger partial charge in [0, 0.05) is 45.3 Å². The smallest absolute Gasteiger partial charge is 0.257 e. The Kier molecular flexibility index (Phi) is 6.89. The molecule has 4 rings (SSSR count). The number of halogens is 2. The summed E-state index contributed by atoms with van der Waals surface area (Å²) in [5, 5.41) is 5.13. The number of aromatic nitrogens is 2. The SMILES string of the molecule is Cc1c(C(=O)Nc2ccccc2)c(C)n(Cc2ccncc2)c1Sc1cc(Cl)cc(Cl)c1. The number of carbonyl (C=O) groups excluding carboxylic acids is 1. The first-order valence-electron chi connectivity index (χ1n) is 10.0. The summed E-state index contributed by atoms with van der Waals surface area (Å²) in [5.74, 6) is -0.134. The lowest BCUT2D eigenvalue weighted by atomic mass is 10.1. The quantitative estimate of drug-likeness (QED) is 0.315. The van der Waals surface area contributed by atoms with Gasteiger partial charge < -0.3 is 9.88 Å². The summed E-state index contributed by atoms with van der Waals surface area (Å²) in [4.78, 5) is 18.3.